The number of rotatable bonds is 5. The van der Waals surface area contributed by atoms with Gasteiger partial charge in [-0.05, 0) is 55.8 Å². The predicted octanol–water partition coefficient (Wildman–Crippen LogP) is 4.46. The lowest BCUT2D eigenvalue weighted by Gasteiger charge is -2.26. The number of nitrogens with one attached hydrogen (secondary N) is 1. The Bertz CT molecular complexity index is 1070. The van der Waals surface area contributed by atoms with Crippen LogP contribution in [-0.2, 0) is 9.59 Å². The summed E-state index contributed by atoms with van der Waals surface area (Å²) in [6.45, 7) is 3.69. The Morgan fingerprint density at radius 3 is 2.47 bits per heavy atom. The molecule has 0 spiro atoms. The first-order chi connectivity index (χ1) is 14.2. The van der Waals surface area contributed by atoms with Gasteiger partial charge in [-0.3, -0.25) is 14.9 Å². The van der Waals surface area contributed by atoms with Crippen molar-refractivity contribution < 1.29 is 23.9 Å². The molecule has 2 aromatic carbocycles. The van der Waals surface area contributed by atoms with E-state index in [1.807, 2.05) is 13.8 Å². The fourth-order valence-corrected chi connectivity index (χ4v) is 3.30. The minimum atomic E-state index is -0.860. The quantitative estimate of drug-likeness (QED) is 0.539. The summed E-state index contributed by atoms with van der Waals surface area (Å²) in [5.41, 5.74) is 0.414. The van der Waals surface area contributed by atoms with Gasteiger partial charge in [0.25, 0.3) is 11.8 Å². The molecule has 0 atom stereocenters. The Morgan fingerprint density at radius 1 is 1.10 bits per heavy atom. The number of anilines is 1. The highest BCUT2D eigenvalue weighted by Gasteiger charge is 2.37. The van der Waals surface area contributed by atoms with Crippen molar-refractivity contribution in [3.05, 3.63) is 57.6 Å². The number of barbiturate groups is 1. The summed E-state index contributed by atoms with van der Waals surface area (Å²) in [4.78, 5) is 38.4. The maximum Gasteiger partial charge on any atom is 0.335 e. The molecular formula is C21H18Cl2N2O5. The number of methoxy groups -OCH3 is 1. The van der Waals surface area contributed by atoms with Crippen LogP contribution in [0.2, 0.25) is 10.0 Å². The number of imide groups is 2. The molecule has 1 N–H and O–H groups in total. The molecule has 156 valence electrons. The number of amides is 4. The molecule has 4 amide bonds. The third kappa shape index (κ3) is 4.42. The van der Waals surface area contributed by atoms with Gasteiger partial charge in [-0.25, -0.2) is 9.69 Å². The van der Waals surface area contributed by atoms with E-state index in [2.05, 4.69) is 5.32 Å². The summed E-state index contributed by atoms with van der Waals surface area (Å²) in [5, 5.41) is 2.75. The van der Waals surface area contributed by atoms with Crippen molar-refractivity contribution in [1.29, 1.82) is 0 Å². The van der Waals surface area contributed by atoms with Gasteiger partial charge < -0.3 is 9.47 Å². The maximum absolute atomic E-state index is 13.0. The Balaban J connectivity index is 2.03. The number of carbonyl (C=O) groups excluding carboxylic acids is 3. The number of nitrogens with zero attached hydrogens (tertiary/aromatic N) is 1. The molecule has 7 nitrogen and oxygen atoms in total. The topological polar surface area (TPSA) is 84.9 Å². The first kappa shape index (κ1) is 21.7. The second-order valence-electron chi connectivity index (χ2n) is 6.64. The molecule has 30 heavy (non-hydrogen) atoms. The number of hydrogen-bond acceptors (Lipinski definition) is 5. The van der Waals surface area contributed by atoms with Crippen molar-refractivity contribution >= 4 is 52.8 Å². The number of hydrogen-bond donors (Lipinski definition) is 1. The van der Waals surface area contributed by atoms with Crippen LogP contribution in [0.5, 0.6) is 11.5 Å². The number of benzene rings is 2. The van der Waals surface area contributed by atoms with E-state index in [0.29, 0.717) is 22.1 Å². The van der Waals surface area contributed by atoms with E-state index in [1.54, 1.807) is 18.2 Å². The summed E-state index contributed by atoms with van der Waals surface area (Å²) in [6.07, 6.45) is 1.19. The first-order valence-corrected chi connectivity index (χ1v) is 9.68. The van der Waals surface area contributed by atoms with Crippen LogP contribution in [0.15, 0.2) is 42.0 Å². The summed E-state index contributed by atoms with van der Waals surface area (Å²) in [5.74, 6) is -0.912. The average Bonchev–Trinajstić information content (AvgIpc) is 2.66. The van der Waals surface area contributed by atoms with Gasteiger partial charge >= 0.3 is 6.03 Å². The standard InChI is InChI=1S/C21H18Cl2N2O5/c1-11(2)30-18-16(23)8-12(9-17(18)29-3)7-15-19(26)24-21(28)25(20(15)27)14-6-4-5-13(22)10-14/h4-11H,1-3H3,(H,24,26,28)/b15-7+. The molecule has 0 aromatic heterocycles. The van der Waals surface area contributed by atoms with Crippen molar-refractivity contribution in [3.8, 4) is 11.5 Å². The number of carbonyl (C=O) groups is 3. The van der Waals surface area contributed by atoms with E-state index < -0.39 is 17.8 Å². The van der Waals surface area contributed by atoms with Crippen LogP contribution < -0.4 is 19.7 Å². The highest BCUT2D eigenvalue weighted by atomic mass is 35.5. The molecular weight excluding hydrogens is 431 g/mol. The predicted molar refractivity (Wildman–Crippen MR) is 114 cm³/mol. The molecule has 0 unspecified atom stereocenters. The largest absolute Gasteiger partial charge is 0.493 e. The van der Waals surface area contributed by atoms with Crippen LogP contribution in [0.3, 0.4) is 0 Å². The van der Waals surface area contributed by atoms with Gasteiger partial charge in [0.15, 0.2) is 11.5 Å². The molecule has 2 aromatic rings. The van der Waals surface area contributed by atoms with Gasteiger partial charge in [-0.2, -0.15) is 0 Å². The minimum Gasteiger partial charge on any atom is -0.493 e. The van der Waals surface area contributed by atoms with Crippen molar-refractivity contribution in [1.82, 2.24) is 5.32 Å². The van der Waals surface area contributed by atoms with Crippen LogP contribution in [0.25, 0.3) is 6.08 Å². The minimum absolute atomic E-state index is 0.136. The second-order valence-corrected chi connectivity index (χ2v) is 7.48. The lowest BCUT2D eigenvalue weighted by atomic mass is 10.1. The van der Waals surface area contributed by atoms with E-state index in [1.165, 1.54) is 31.4 Å². The lowest BCUT2D eigenvalue weighted by Crippen LogP contribution is -2.54. The molecule has 0 saturated carbocycles. The molecule has 3 rings (SSSR count). The molecule has 1 saturated heterocycles. The molecule has 1 heterocycles. The van der Waals surface area contributed by atoms with Gasteiger partial charge in [0.1, 0.15) is 5.57 Å². The zero-order chi connectivity index (χ0) is 22.0. The molecule has 1 aliphatic rings. The van der Waals surface area contributed by atoms with E-state index in [4.69, 9.17) is 32.7 Å². The molecule has 0 aliphatic carbocycles. The van der Waals surface area contributed by atoms with E-state index in [0.717, 1.165) is 4.90 Å². The van der Waals surface area contributed by atoms with Gasteiger partial charge in [-0.15, -0.1) is 0 Å². The average molecular weight is 449 g/mol. The number of urea groups is 1. The van der Waals surface area contributed by atoms with E-state index in [-0.39, 0.29) is 22.4 Å². The Morgan fingerprint density at radius 2 is 1.83 bits per heavy atom. The Labute approximate surface area is 183 Å². The molecule has 1 fully saturated rings. The van der Waals surface area contributed by atoms with Crippen molar-refractivity contribution in [2.24, 2.45) is 0 Å². The summed E-state index contributed by atoms with van der Waals surface area (Å²) in [6, 6.07) is 8.44. The highest BCUT2D eigenvalue weighted by Crippen LogP contribution is 2.38. The lowest BCUT2D eigenvalue weighted by molar-refractivity contribution is -0.122. The van der Waals surface area contributed by atoms with Gasteiger partial charge in [0, 0.05) is 5.02 Å². The summed E-state index contributed by atoms with van der Waals surface area (Å²) < 4.78 is 11.0. The molecule has 1 aliphatic heterocycles. The van der Waals surface area contributed by atoms with E-state index in [9.17, 15) is 14.4 Å². The van der Waals surface area contributed by atoms with Crippen LogP contribution in [0, 0.1) is 0 Å². The van der Waals surface area contributed by atoms with Crippen LogP contribution in [0.4, 0.5) is 10.5 Å². The third-order valence-corrected chi connectivity index (χ3v) is 4.60. The molecule has 9 heteroatoms. The van der Waals surface area contributed by atoms with Gasteiger partial charge in [-0.1, -0.05) is 29.3 Å². The summed E-state index contributed by atoms with van der Waals surface area (Å²) >= 11 is 12.3. The molecule has 0 bridgehead atoms. The van der Waals surface area contributed by atoms with Crippen molar-refractivity contribution in [3.63, 3.8) is 0 Å². The smallest absolute Gasteiger partial charge is 0.335 e. The van der Waals surface area contributed by atoms with Crippen LogP contribution >= 0.6 is 23.2 Å². The van der Waals surface area contributed by atoms with E-state index >= 15 is 0 Å². The first-order valence-electron chi connectivity index (χ1n) is 8.92. The van der Waals surface area contributed by atoms with Crippen LogP contribution in [0.1, 0.15) is 19.4 Å². The highest BCUT2D eigenvalue weighted by molar-refractivity contribution is 6.39. The zero-order valence-electron chi connectivity index (χ0n) is 16.4. The van der Waals surface area contributed by atoms with Crippen LogP contribution in [-0.4, -0.2) is 31.1 Å². The van der Waals surface area contributed by atoms with Crippen molar-refractivity contribution in [2.45, 2.75) is 20.0 Å². The van der Waals surface area contributed by atoms with Gasteiger partial charge in [0.05, 0.1) is 23.9 Å². The normalized spacial score (nSPS) is 15.6. The fourth-order valence-electron chi connectivity index (χ4n) is 2.85. The number of ether oxygens (including phenoxy) is 2. The van der Waals surface area contributed by atoms with Crippen molar-refractivity contribution in [2.75, 3.05) is 12.0 Å². The zero-order valence-corrected chi connectivity index (χ0v) is 17.9. The number of halogens is 2. The monoisotopic (exact) mass is 448 g/mol. The summed E-state index contributed by atoms with van der Waals surface area (Å²) in [7, 11) is 1.45. The van der Waals surface area contributed by atoms with Gasteiger partial charge in [0.2, 0.25) is 0 Å². The Kier molecular flexibility index (Phi) is 6.34. The second kappa shape index (κ2) is 8.77. The SMILES string of the molecule is COc1cc(/C=C2\C(=O)NC(=O)N(c3cccc(Cl)c3)C2=O)cc(Cl)c1OC(C)C. The Hall–Kier alpha value is -3.03. The molecule has 0 radical (unpaired) electrons. The third-order valence-electron chi connectivity index (χ3n) is 4.08. The fraction of sp³-hybridized carbons (Fsp3) is 0.190. The maximum atomic E-state index is 13.0.